The van der Waals surface area contributed by atoms with Crippen molar-refractivity contribution in [1.29, 1.82) is 0 Å². The van der Waals surface area contributed by atoms with E-state index in [1.54, 1.807) is 0 Å². The Hall–Kier alpha value is -2.90. The van der Waals surface area contributed by atoms with E-state index in [-0.39, 0.29) is 10.3 Å². The highest BCUT2D eigenvalue weighted by atomic mass is 35.5. The van der Waals surface area contributed by atoms with Gasteiger partial charge in [0.25, 0.3) is 0 Å². The molecule has 7 nitrogen and oxygen atoms in total. The van der Waals surface area contributed by atoms with Crippen molar-refractivity contribution < 1.29 is 49.0 Å². The van der Waals surface area contributed by atoms with Crippen LogP contribution >= 0.6 is 11.6 Å². The van der Waals surface area contributed by atoms with E-state index in [1.165, 1.54) is 6.92 Å². The molecular formula is C15H6ClF7N2O5. The molecule has 0 saturated heterocycles. The summed E-state index contributed by atoms with van der Waals surface area (Å²) in [7, 11) is 0. The first-order valence-electron chi connectivity index (χ1n) is 7.74. The van der Waals surface area contributed by atoms with Gasteiger partial charge < -0.3 is 22.9 Å². The molecule has 30 heavy (non-hydrogen) atoms. The number of ether oxygens (including phenoxy) is 2. The topological polar surface area (TPSA) is 79.6 Å². The van der Waals surface area contributed by atoms with Crippen LogP contribution in [0.15, 0.2) is 19.7 Å². The molecular weight excluding hydrogens is 457 g/mol. The summed E-state index contributed by atoms with van der Waals surface area (Å²) in [6, 6.07) is 0.573. The van der Waals surface area contributed by atoms with Crippen LogP contribution in [-0.4, -0.2) is 21.8 Å². The van der Waals surface area contributed by atoms with Gasteiger partial charge in [0.05, 0.1) is 11.6 Å². The Morgan fingerprint density at radius 3 is 2.33 bits per heavy atom. The molecule has 0 saturated carbocycles. The number of nitrogens with zero attached hydrogens (tertiary/aromatic N) is 2. The van der Waals surface area contributed by atoms with Gasteiger partial charge in [-0.05, 0) is 6.92 Å². The van der Waals surface area contributed by atoms with E-state index in [1.807, 2.05) is 0 Å². The highest BCUT2D eigenvalue weighted by molar-refractivity contribution is 6.35. The SMILES string of the molecule is Cc1oc(=O)oc1Cn1c(C(F)(F)F)nc2c(Cl)cc3c(c21)OC(F)(F)C(F)(F)O3. The minimum Gasteiger partial charge on any atom is -0.421 e. The van der Waals surface area contributed by atoms with Crippen LogP contribution in [0.5, 0.6) is 11.5 Å². The molecule has 0 atom stereocenters. The van der Waals surface area contributed by atoms with Crippen LogP contribution in [0.1, 0.15) is 17.3 Å². The van der Waals surface area contributed by atoms with Gasteiger partial charge in [-0.3, -0.25) is 0 Å². The lowest BCUT2D eigenvalue weighted by atomic mass is 10.2. The van der Waals surface area contributed by atoms with Crippen molar-refractivity contribution in [2.24, 2.45) is 0 Å². The van der Waals surface area contributed by atoms with Gasteiger partial charge in [-0.25, -0.2) is 9.78 Å². The maximum Gasteiger partial charge on any atom is 0.519 e. The number of alkyl halides is 7. The molecule has 0 radical (unpaired) electrons. The molecule has 15 heteroatoms. The molecule has 1 aromatic carbocycles. The summed E-state index contributed by atoms with van der Waals surface area (Å²) < 4.78 is 112. The molecule has 0 spiro atoms. The lowest BCUT2D eigenvalue weighted by Gasteiger charge is -2.32. The molecule has 0 fully saturated rings. The number of aromatic nitrogens is 2. The zero-order valence-corrected chi connectivity index (χ0v) is 15.0. The zero-order valence-electron chi connectivity index (χ0n) is 14.2. The van der Waals surface area contributed by atoms with E-state index >= 15 is 0 Å². The number of hydrogen-bond donors (Lipinski definition) is 0. The zero-order chi connectivity index (χ0) is 22.2. The maximum atomic E-state index is 13.7. The molecule has 0 aliphatic carbocycles. The first-order chi connectivity index (χ1) is 13.7. The fourth-order valence-electron chi connectivity index (χ4n) is 2.81. The molecule has 4 rings (SSSR count). The lowest BCUT2D eigenvalue weighted by molar-refractivity contribution is -0.391. The van der Waals surface area contributed by atoms with Crippen molar-refractivity contribution in [2.75, 3.05) is 0 Å². The van der Waals surface area contributed by atoms with Gasteiger partial charge in [-0.15, -0.1) is 0 Å². The summed E-state index contributed by atoms with van der Waals surface area (Å²) in [4.78, 5) is 14.5. The summed E-state index contributed by atoms with van der Waals surface area (Å²) in [6.45, 7) is 0.296. The molecule has 0 N–H and O–H groups in total. The molecule has 3 aromatic rings. The van der Waals surface area contributed by atoms with E-state index in [0.717, 1.165) is 0 Å². The van der Waals surface area contributed by atoms with E-state index in [9.17, 15) is 35.5 Å². The molecule has 1 aliphatic rings. The Labute approximate surface area is 164 Å². The maximum absolute atomic E-state index is 13.7. The number of halogens is 8. The van der Waals surface area contributed by atoms with Gasteiger partial charge in [0.2, 0.25) is 5.82 Å². The van der Waals surface area contributed by atoms with Crippen LogP contribution in [0.3, 0.4) is 0 Å². The third kappa shape index (κ3) is 2.97. The van der Waals surface area contributed by atoms with Crippen molar-refractivity contribution in [2.45, 2.75) is 31.9 Å². The Bertz CT molecular complexity index is 1230. The molecule has 2 aromatic heterocycles. The van der Waals surface area contributed by atoms with Gasteiger partial charge in [0.1, 0.15) is 16.8 Å². The summed E-state index contributed by atoms with van der Waals surface area (Å²) >= 11 is 5.83. The molecule has 3 heterocycles. The van der Waals surface area contributed by atoms with Gasteiger partial charge in [-0.2, -0.15) is 30.7 Å². The molecule has 1 aliphatic heterocycles. The van der Waals surface area contributed by atoms with E-state index in [0.29, 0.717) is 6.07 Å². The van der Waals surface area contributed by atoms with Crippen molar-refractivity contribution in [3.8, 4) is 11.5 Å². The minimum atomic E-state index is -5.22. The summed E-state index contributed by atoms with van der Waals surface area (Å²) in [5.41, 5.74) is -1.51. The number of fused-ring (bicyclic) bond motifs is 3. The van der Waals surface area contributed by atoms with Crippen molar-refractivity contribution in [3.63, 3.8) is 0 Å². The third-order valence-corrected chi connectivity index (χ3v) is 4.38. The summed E-state index contributed by atoms with van der Waals surface area (Å²) in [5, 5.41) is -0.608. The predicted molar refractivity (Wildman–Crippen MR) is 82.0 cm³/mol. The molecule has 0 unspecified atom stereocenters. The minimum absolute atomic E-state index is 0.208. The van der Waals surface area contributed by atoms with Crippen LogP contribution in [0.25, 0.3) is 11.0 Å². The van der Waals surface area contributed by atoms with Crippen LogP contribution in [0.4, 0.5) is 30.7 Å². The van der Waals surface area contributed by atoms with Gasteiger partial charge in [0, 0.05) is 6.07 Å². The molecule has 0 bridgehead atoms. The number of benzene rings is 1. The van der Waals surface area contributed by atoms with Gasteiger partial charge >= 0.3 is 24.2 Å². The fourth-order valence-corrected chi connectivity index (χ4v) is 3.04. The van der Waals surface area contributed by atoms with Crippen LogP contribution in [0, 0.1) is 6.92 Å². The first-order valence-corrected chi connectivity index (χ1v) is 8.12. The van der Waals surface area contributed by atoms with Crippen molar-refractivity contribution in [3.05, 3.63) is 39.1 Å². The number of aryl methyl sites for hydroxylation is 1. The van der Waals surface area contributed by atoms with Crippen molar-refractivity contribution >= 4 is 22.6 Å². The number of imidazole rings is 1. The number of rotatable bonds is 2. The average molecular weight is 463 g/mol. The van der Waals surface area contributed by atoms with E-state index in [2.05, 4.69) is 23.3 Å². The lowest BCUT2D eigenvalue weighted by Crippen LogP contribution is -2.52. The highest BCUT2D eigenvalue weighted by Gasteiger charge is 2.66. The monoisotopic (exact) mass is 462 g/mol. The Kier molecular flexibility index (Phi) is 4.11. The van der Waals surface area contributed by atoms with Crippen molar-refractivity contribution in [1.82, 2.24) is 9.55 Å². The standard InChI is InChI=1S/C15H6ClF7N2O5/c1-4-7(28-12(26)27-4)3-25-9-8(24-11(25)13(17,18)19)5(16)2-6-10(9)30-15(22,23)14(20,21)29-6/h2H,3H2,1H3. The largest absolute Gasteiger partial charge is 0.519 e. The Morgan fingerprint density at radius 1 is 1.13 bits per heavy atom. The smallest absolute Gasteiger partial charge is 0.421 e. The summed E-state index contributed by atoms with van der Waals surface area (Å²) in [6.07, 6.45) is -15.5. The molecule has 0 amide bonds. The van der Waals surface area contributed by atoms with E-state index < -0.39 is 69.9 Å². The second-order valence-electron chi connectivity index (χ2n) is 6.07. The predicted octanol–water partition coefficient (Wildman–Crippen LogP) is 4.57. The Balaban J connectivity index is 2.05. The average Bonchev–Trinajstić information content (AvgIpc) is 3.10. The normalized spacial score (nSPS) is 17.5. The quantitative estimate of drug-likeness (QED) is 0.519. The molecule has 162 valence electrons. The van der Waals surface area contributed by atoms with Gasteiger partial charge in [-0.1, -0.05) is 11.6 Å². The highest BCUT2D eigenvalue weighted by Crippen LogP contribution is 2.52. The first kappa shape index (κ1) is 20.4. The van der Waals surface area contributed by atoms with Crippen LogP contribution in [-0.2, 0) is 12.7 Å². The second kappa shape index (κ2) is 6.06. The fraction of sp³-hybridized carbons (Fsp3) is 0.333. The number of hydrogen-bond acceptors (Lipinski definition) is 6. The third-order valence-electron chi connectivity index (χ3n) is 4.09. The van der Waals surface area contributed by atoms with Gasteiger partial charge in [0.15, 0.2) is 17.3 Å². The second-order valence-corrected chi connectivity index (χ2v) is 6.48. The summed E-state index contributed by atoms with van der Waals surface area (Å²) in [5.74, 6) is -5.70. The Morgan fingerprint density at radius 2 is 1.77 bits per heavy atom. The van der Waals surface area contributed by atoms with Crippen LogP contribution < -0.4 is 15.3 Å². The van der Waals surface area contributed by atoms with Crippen LogP contribution in [0.2, 0.25) is 5.02 Å². The van der Waals surface area contributed by atoms with E-state index in [4.69, 9.17) is 11.6 Å².